The predicted octanol–water partition coefficient (Wildman–Crippen LogP) is 4.72. The zero-order valence-corrected chi connectivity index (χ0v) is 14.8. The minimum Gasteiger partial charge on any atom is -0.293 e. The molecule has 110 valence electrons. The molecule has 3 heteroatoms. The summed E-state index contributed by atoms with van der Waals surface area (Å²) in [7, 11) is -1.73. The van der Waals surface area contributed by atoms with Gasteiger partial charge in [-0.25, -0.2) is 0 Å². The van der Waals surface area contributed by atoms with E-state index in [1.54, 1.807) is 11.5 Å². The monoisotopic (exact) mass is 289 g/mol. The molecule has 1 heterocycles. The highest BCUT2D eigenvalue weighted by Crippen LogP contribution is 2.40. The number of carbonyl (C=O) groups excluding carboxylic acids is 1. The summed E-state index contributed by atoms with van der Waals surface area (Å²) in [5, 5.41) is 0. The van der Waals surface area contributed by atoms with Crippen molar-refractivity contribution in [3.63, 3.8) is 0 Å². The van der Waals surface area contributed by atoms with E-state index < -0.39 is 8.07 Å². The standard InChI is InChI=1S/C17H27NOSi/c1-13(2)20(14(3)4,15(5)6)12-11-18-10-8-9-17(18)16(7)19/h8-10,13-15H,1-7H3. The fraction of sp³-hybridized carbons (Fsp3) is 0.588. The quantitative estimate of drug-likeness (QED) is 0.446. The summed E-state index contributed by atoms with van der Waals surface area (Å²) in [5.74, 6) is 0.0650. The third-order valence-electron chi connectivity index (χ3n) is 4.37. The lowest BCUT2D eigenvalue weighted by molar-refractivity contribution is 0.101. The van der Waals surface area contributed by atoms with Crippen LogP contribution in [0.25, 0.3) is 0 Å². The van der Waals surface area contributed by atoms with E-state index in [9.17, 15) is 4.79 Å². The molecule has 0 fully saturated rings. The number of ketones is 1. The van der Waals surface area contributed by atoms with Crippen molar-refractivity contribution in [2.75, 3.05) is 0 Å². The fourth-order valence-corrected chi connectivity index (χ4v) is 8.54. The SMILES string of the molecule is CC(=O)c1cccn1C#C[Si](C(C)C)(C(C)C)C(C)C. The number of aromatic nitrogens is 1. The third kappa shape index (κ3) is 3.07. The van der Waals surface area contributed by atoms with E-state index >= 15 is 0 Å². The maximum absolute atomic E-state index is 11.6. The maximum Gasteiger partial charge on any atom is 0.177 e. The van der Waals surface area contributed by atoms with E-state index in [4.69, 9.17) is 0 Å². The molecule has 1 rings (SSSR count). The van der Waals surface area contributed by atoms with E-state index in [1.165, 1.54) is 0 Å². The van der Waals surface area contributed by atoms with Crippen molar-refractivity contribution in [3.8, 4) is 11.6 Å². The summed E-state index contributed by atoms with van der Waals surface area (Å²) in [6.45, 7) is 15.4. The topological polar surface area (TPSA) is 22.0 Å². The number of hydrogen-bond donors (Lipinski definition) is 0. The van der Waals surface area contributed by atoms with Gasteiger partial charge in [0.05, 0.1) is 5.69 Å². The molecular formula is C17H27NOSi. The molecule has 2 nitrogen and oxygen atoms in total. The van der Waals surface area contributed by atoms with Crippen molar-refractivity contribution in [1.29, 1.82) is 0 Å². The summed E-state index contributed by atoms with van der Waals surface area (Å²) in [6.07, 6.45) is 1.88. The van der Waals surface area contributed by atoms with Crippen molar-refractivity contribution in [3.05, 3.63) is 24.0 Å². The third-order valence-corrected chi connectivity index (χ3v) is 10.6. The van der Waals surface area contributed by atoms with Crippen molar-refractivity contribution in [2.45, 2.75) is 65.1 Å². The highest BCUT2D eigenvalue weighted by atomic mass is 28.3. The Morgan fingerprint density at radius 3 is 2.00 bits per heavy atom. The largest absolute Gasteiger partial charge is 0.293 e. The van der Waals surface area contributed by atoms with E-state index in [1.807, 2.05) is 18.3 Å². The van der Waals surface area contributed by atoms with Gasteiger partial charge in [-0.05, 0) is 28.8 Å². The number of hydrogen-bond acceptors (Lipinski definition) is 1. The Morgan fingerprint density at radius 1 is 1.10 bits per heavy atom. The van der Waals surface area contributed by atoms with Gasteiger partial charge in [-0.1, -0.05) is 41.5 Å². The highest BCUT2D eigenvalue weighted by molar-refractivity contribution is 6.90. The van der Waals surface area contributed by atoms with E-state index in [-0.39, 0.29) is 5.78 Å². The molecule has 0 aliphatic carbocycles. The second kappa shape index (κ2) is 6.45. The molecule has 0 radical (unpaired) electrons. The molecule has 0 aliphatic heterocycles. The zero-order valence-electron chi connectivity index (χ0n) is 13.8. The number of rotatable bonds is 4. The first kappa shape index (κ1) is 16.8. The predicted molar refractivity (Wildman–Crippen MR) is 88.7 cm³/mol. The van der Waals surface area contributed by atoms with Crippen LogP contribution in [0.2, 0.25) is 16.6 Å². The van der Waals surface area contributed by atoms with Gasteiger partial charge in [-0.3, -0.25) is 9.36 Å². The Balaban J connectivity index is 3.31. The normalized spacial score (nSPS) is 11.9. The van der Waals surface area contributed by atoms with Crippen LogP contribution in [0.1, 0.15) is 59.0 Å². The second-order valence-electron chi connectivity index (χ2n) is 6.45. The Labute approximate surface area is 124 Å². The van der Waals surface area contributed by atoms with Gasteiger partial charge < -0.3 is 0 Å². The van der Waals surface area contributed by atoms with Gasteiger partial charge in [-0.2, -0.15) is 0 Å². The van der Waals surface area contributed by atoms with E-state index in [2.05, 4.69) is 53.1 Å². The Morgan fingerprint density at radius 2 is 1.60 bits per heavy atom. The first-order valence-electron chi connectivity index (χ1n) is 7.45. The number of nitrogens with zero attached hydrogens (tertiary/aromatic N) is 1. The molecular weight excluding hydrogens is 262 g/mol. The minimum atomic E-state index is -1.73. The summed E-state index contributed by atoms with van der Waals surface area (Å²) < 4.78 is 1.79. The number of carbonyl (C=O) groups is 1. The van der Waals surface area contributed by atoms with Crippen molar-refractivity contribution >= 4 is 13.9 Å². The molecule has 20 heavy (non-hydrogen) atoms. The number of Topliss-reactive ketones (excluding diaryl/α,β-unsaturated/α-hetero) is 1. The molecule has 0 spiro atoms. The fourth-order valence-electron chi connectivity index (χ4n) is 3.36. The van der Waals surface area contributed by atoms with Gasteiger partial charge in [0, 0.05) is 19.2 Å². The molecule has 0 bridgehead atoms. The van der Waals surface area contributed by atoms with E-state index in [0.29, 0.717) is 22.3 Å². The lowest BCUT2D eigenvalue weighted by Crippen LogP contribution is -2.43. The molecule has 0 amide bonds. The second-order valence-corrected chi connectivity index (χ2v) is 12.0. The molecule has 0 N–H and O–H groups in total. The smallest absolute Gasteiger partial charge is 0.177 e. The summed E-state index contributed by atoms with van der Waals surface area (Å²) in [6, 6.07) is 6.98. The van der Waals surface area contributed by atoms with Gasteiger partial charge in [0.15, 0.2) is 5.78 Å². The van der Waals surface area contributed by atoms with Gasteiger partial charge in [0.2, 0.25) is 0 Å². The van der Waals surface area contributed by atoms with Gasteiger partial charge in [-0.15, -0.1) is 5.54 Å². The van der Waals surface area contributed by atoms with Crippen LogP contribution in [0.15, 0.2) is 18.3 Å². The zero-order chi connectivity index (χ0) is 15.5. The van der Waals surface area contributed by atoms with Gasteiger partial charge >= 0.3 is 0 Å². The van der Waals surface area contributed by atoms with Crippen LogP contribution in [0, 0.1) is 11.6 Å². The Hall–Kier alpha value is -1.27. The summed E-state index contributed by atoms with van der Waals surface area (Å²) in [5.41, 5.74) is 6.12. The van der Waals surface area contributed by atoms with Crippen LogP contribution >= 0.6 is 0 Å². The van der Waals surface area contributed by atoms with Crippen LogP contribution < -0.4 is 0 Å². The molecule has 1 aromatic rings. The first-order chi connectivity index (χ1) is 9.23. The molecule has 0 aromatic carbocycles. The lowest BCUT2D eigenvalue weighted by atomic mass is 10.3. The average molecular weight is 289 g/mol. The maximum atomic E-state index is 11.6. The Kier molecular flexibility index (Phi) is 5.41. The van der Waals surface area contributed by atoms with Crippen molar-refractivity contribution in [2.24, 2.45) is 0 Å². The molecule has 0 atom stereocenters. The van der Waals surface area contributed by atoms with Crippen molar-refractivity contribution in [1.82, 2.24) is 4.57 Å². The van der Waals surface area contributed by atoms with Crippen molar-refractivity contribution < 1.29 is 4.79 Å². The molecule has 1 aromatic heterocycles. The van der Waals surface area contributed by atoms with Crippen LogP contribution in [-0.2, 0) is 0 Å². The van der Waals surface area contributed by atoms with Crippen LogP contribution in [-0.4, -0.2) is 18.4 Å². The highest BCUT2D eigenvalue weighted by Gasteiger charge is 2.41. The summed E-state index contributed by atoms with van der Waals surface area (Å²) >= 11 is 0. The van der Waals surface area contributed by atoms with Crippen LogP contribution in [0.5, 0.6) is 0 Å². The Bertz CT molecular complexity index is 507. The van der Waals surface area contributed by atoms with Gasteiger partial charge in [0.1, 0.15) is 8.07 Å². The summed E-state index contributed by atoms with van der Waals surface area (Å²) in [4.78, 5) is 11.6. The first-order valence-corrected chi connectivity index (χ1v) is 9.68. The van der Waals surface area contributed by atoms with Crippen LogP contribution in [0.3, 0.4) is 0 Å². The minimum absolute atomic E-state index is 0.0650. The van der Waals surface area contributed by atoms with Gasteiger partial charge in [0.25, 0.3) is 0 Å². The van der Waals surface area contributed by atoms with E-state index in [0.717, 1.165) is 0 Å². The lowest BCUT2D eigenvalue weighted by Gasteiger charge is -2.37. The molecule has 0 aliphatic rings. The average Bonchev–Trinajstić information content (AvgIpc) is 2.76. The molecule has 0 unspecified atom stereocenters. The molecule has 0 saturated heterocycles. The van der Waals surface area contributed by atoms with Crippen LogP contribution in [0.4, 0.5) is 0 Å². The molecule has 0 saturated carbocycles.